The van der Waals surface area contributed by atoms with Gasteiger partial charge in [0, 0.05) is 0 Å². The average Bonchev–Trinajstić information content (AvgIpc) is 2.18. The molecule has 0 aliphatic heterocycles. The van der Waals surface area contributed by atoms with Gasteiger partial charge in [0.1, 0.15) is 6.61 Å². The Balaban J connectivity index is 2.91. The van der Waals surface area contributed by atoms with Crippen LogP contribution in [-0.4, -0.2) is 12.3 Å². The summed E-state index contributed by atoms with van der Waals surface area (Å²) in [6, 6.07) is 6.31. The van der Waals surface area contributed by atoms with Crippen molar-refractivity contribution < 1.29 is 4.84 Å². The summed E-state index contributed by atoms with van der Waals surface area (Å²) in [5, 5.41) is 4.00. The van der Waals surface area contributed by atoms with Gasteiger partial charge in [-0.05, 0) is 50.5 Å². The molecule has 0 heterocycles. The Kier molecular flexibility index (Phi) is 3.69. The van der Waals surface area contributed by atoms with E-state index in [0.717, 1.165) is 11.3 Å². The second kappa shape index (κ2) is 4.80. The molecule has 1 aromatic carbocycles. The molecule has 0 bridgehead atoms. The standard InChI is InChI=1S/C12H17NO/c1-5-14-13-11(4)12-7-6-9(2)10(3)8-12/h6-8H,5H2,1-4H3/b13-11+. The van der Waals surface area contributed by atoms with Gasteiger partial charge in [-0.25, -0.2) is 0 Å². The highest BCUT2D eigenvalue weighted by molar-refractivity contribution is 5.98. The second-order valence-electron chi connectivity index (χ2n) is 3.39. The lowest BCUT2D eigenvalue weighted by Crippen LogP contribution is -1.97. The van der Waals surface area contributed by atoms with E-state index >= 15 is 0 Å². The first-order chi connectivity index (χ1) is 6.65. The summed E-state index contributed by atoms with van der Waals surface area (Å²) in [7, 11) is 0. The molecule has 0 saturated heterocycles. The molecule has 1 rings (SSSR count). The fraction of sp³-hybridized carbons (Fsp3) is 0.417. The van der Waals surface area contributed by atoms with Crippen LogP contribution in [-0.2, 0) is 4.84 Å². The summed E-state index contributed by atoms with van der Waals surface area (Å²) in [5.41, 5.74) is 4.64. The fourth-order valence-electron chi connectivity index (χ4n) is 1.18. The van der Waals surface area contributed by atoms with Crippen LogP contribution in [0, 0.1) is 13.8 Å². The van der Waals surface area contributed by atoms with Gasteiger partial charge in [-0.2, -0.15) is 0 Å². The van der Waals surface area contributed by atoms with E-state index in [1.54, 1.807) is 0 Å². The predicted octanol–water partition coefficient (Wildman–Crippen LogP) is 3.06. The van der Waals surface area contributed by atoms with Gasteiger partial charge >= 0.3 is 0 Å². The van der Waals surface area contributed by atoms with Crippen LogP contribution in [0.15, 0.2) is 23.4 Å². The Bertz CT molecular complexity index is 342. The van der Waals surface area contributed by atoms with Gasteiger partial charge in [-0.15, -0.1) is 0 Å². The van der Waals surface area contributed by atoms with E-state index in [0.29, 0.717) is 6.61 Å². The van der Waals surface area contributed by atoms with Crippen molar-refractivity contribution in [2.75, 3.05) is 6.61 Å². The zero-order valence-corrected chi connectivity index (χ0v) is 9.29. The van der Waals surface area contributed by atoms with E-state index in [-0.39, 0.29) is 0 Å². The Morgan fingerprint density at radius 2 is 2.00 bits per heavy atom. The molecule has 0 amide bonds. The van der Waals surface area contributed by atoms with Gasteiger partial charge in [-0.3, -0.25) is 0 Å². The molecule has 1 aromatic rings. The molecule has 14 heavy (non-hydrogen) atoms. The number of hydrogen-bond donors (Lipinski definition) is 0. The second-order valence-corrected chi connectivity index (χ2v) is 3.39. The van der Waals surface area contributed by atoms with E-state index in [1.165, 1.54) is 11.1 Å². The molecule has 0 atom stereocenters. The van der Waals surface area contributed by atoms with Crippen LogP contribution in [0.2, 0.25) is 0 Å². The van der Waals surface area contributed by atoms with Crippen LogP contribution < -0.4 is 0 Å². The highest BCUT2D eigenvalue weighted by Crippen LogP contribution is 2.10. The number of oxime groups is 1. The summed E-state index contributed by atoms with van der Waals surface area (Å²) in [4.78, 5) is 5.01. The van der Waals surface area contributed by atoms with E-state index < -0.39 is 0 Å². The zero-order valence-electron chi connectivity index (χ0n) is 9.29. The molecule has 0 N–H and O–H groups in total. The molecule has 76 valence electrons. The third-order valence-electron chi connectivity index (χ3n) is 2.26. The number of rotatable bonds is 3. The topological polar surface area (TPSA) is 21.6 Å². The van der Waals surface area contributed by atoms with Crippen molar-refractivity contribution in [1.29, 1.82) is 0 Å². The van der Waals surface area contributed by atoms with E-state index in [9.17, 15) is 0 Å². The SMILES string of the molecule is CCO/N=C(\C)c1ccc(C)c(C)c1. The molecular weight excluding hydrogens is 174 g/mol. The molecule has 0 aliphatic carbocycles. The maximum absolute atomic E-state index is 5.01. The smallest absolute Gasteiger partial charge is 0.114 e. The molecule has 0 radical (unpaired) electrons. The van der Waals surface area contributed by atoms with Gasteiger partial charge in [-0.1, -0.05) is 17.3 Å². The summed E-state index contributed by atoms with van der Waals surface area (Å²) < 4.78 is 0. The molecule has 0 aromatic heterocycles. The van der Waals surface area contributed by atoms with Gasteiger partial charge in [0.25, 0.3) is 0 Å². The van der Waals surface area contributed by atoms with Crippen LogP contribution in [0.25, 0.3) is 0 Å². The molecule has 2 nitrogen and oxygen atoms in total. The Hall–Kier alpha value is -1.31. The fourth-order valence-corrected chi connectivity index (χ4v) is 1.18. The first-order valence-corrected chi connectivity index (χ1v) is 4.89. The van der Waals surface area contributed by atoms with Gasteiger partial charge in [0.15, 0.2) is 0 Å². The molecule has 0 unspecified atom stereocenters. The van der Waals surface area contributed by atoms with Crippen molar-refractivity contribution in [2.45, 2.75) is 27.7 Å². The normalized spacial score (nSPS) is 11.6. The summed E-state index contributed by atoms with van der Waals surface area (Å²) in [6.07, 6.45) is 0. The zero-order chi connectivity index (χ0) is 10.6. The predicted molar refractivity (Wildman–Crippen MR) is 59.8 cm³/mol. The Morgan fingerprint density at radius 3 is 2.57 bits per heavy atom. The van der Waals surface area contributed by atoms with Crippen molar-refractivity contribution in [3.8, 4) is 0 Å². The first kappa shape index (κ1) is 10.8. The molecule has 0 fully saturated rings. The molecule has 0 saturated carbocycles. The lowest BCUT2D eigenvalue weighted by Gasteiger charge is -2.04. The lowest BCUT2D eigenvalue weighted by atomic mass is 10.0. The molecule has 2 heteroatoms. The molecular formula is C12H17NO. The third kappa shape index (κ3) is 2.59. The number of benzene rings is 1. The Morgan fingerprint density at radius 1 is 1.29 bits per heavy atom. The highest BCUT2D eigenvalue weighted by atomic mass is 16.6. The quantitative estimate of drug-likeness (QED) is 0.531. The van der Waals surface area contributed by atoms with Gasteiger partial charge < -0.3 is 4.84 Å². The minimum atomic E-state index is 0.613. The van der Waals surface area contributed by atoms with E-state index in [1.807, 2.05) is 13.8 Å². The minimum absolute atomic E-state index is 0.613. The van der Waals surface area contributed by atoms with Crippen molar-refractivity contribution in [2.24, 2.45) is 5.16 Å². The van der Waals surface area contributed by atoms with Gasteiger partial charge in [0.05, 0.1) is 5.71 Å². The van der Waals surface area contributed by atoms with Crippen molar-refractivity contribution in [3.05, 3.63) is 34.9 Å². The lowest BCUT2D eigenvalue weighted by molar-refractivity contribution is 0.159. The van der Waals surface area contributed by atoms with Gasteiger partial charge in [0.2, 0.25) is 0 Å². The number of aryl methyl sites for hydroxylation is 2. The van der Waals surface area contributed by atoms with Crippen LogP contribution >= 0.6 is 0 Å². The maximum Gasteiger partial charge on any atom is 0.114 e. The minimum Gasteiger partial charge on any atom is -0.396 e. The third-order valence-corrected chi connectivity index (χ3v) is 2.26. The largest absolute Gasteiger partial charge is 0.396 e. The average molecular weight is 191 g/mol. The van der Waals surface area contributed by atoms with Crippen molar-refractivity contribution in [1.82, 2.24) is 0 Å². The summed E-state index contributed by atoms with van der Waals surface area (Å²) in [6.45, 7) is 8.71. The first-order valence-electron chi connectivity index (χ1n) is 4.89. The van der Waals surface area contributed by atoms with Crippen LogP contribution in [0.3, 0.4) is 0 Å². The summed E-state index contributed by atoms with van der Waals surface area (Å²) in [5.74, 6) is 0. The number of nitrogens with zero attached hydrogens (tertiary/aromatic N) is 1. The van der Waals surface area contributed by atoms with E-state index in [2.05, 4.69) is 37.2 Å². The number of hydrogen-bond acceptors (Lipinski definition) is 2. The molecule has 0 spiro atoms. The maximum atomic E-state index is 5.01. The van der Waals surface area contributed by atoms with Crippen LogP contribution in [0.4, 0.5) is 0 Å². The van der Waals surface area contributed by atoms with E-state index in [4.69, 9.17) is 4.84 Å². The highest BCUT2D eigenvalue weighted by Gasteiger charge is 1.99. The van der Waals surface area contributed by atoms with Crippen molar-refractivity contribution >= 4 is 5.71 Å². The van der Waals surface area contributed by atoms with Crippen LogP contribution in [0.1, 0.15) is 30.5 Å². The Labute approximate surface area is 85.6 Å². The van der Waals surface area contributed by atoms with Crippen LogP contribution in [0.5, 0.6) is 0 Å². The summed E-state index contributed by atoms with van der Waals surface area (Å²) >= 11 is 0. The molecule has 0 aliphatic rings. The van der Waals surface area contributed by atoms with Crippen molar-refractivity contribution in [3.63, 3.8) is 0 Å². The monoisotopic (exact) mass is 191 g/mol.